The molecular formula is C15H20N2O2. The highest BCUT2D eigenvalue weighted by Crippen LogP contribution is 2.40. The van der Waals surface area contributed by atoms with Crippen LogP contribution in [0, 0.1) is 0 Å². The van der Waals surface area contributed by atoms with E-state index in [1.807, 2.05) is 17.0 Å². The van der Waals surface area contributed by atoms with E-state index in [9.17, 15) is 9.90 Å². The van der Waals surface area contributed by atoms with Crippen LogP contribution in [0.4, 0.5) is 0 Å². The number of aliphatic carboxylic acids is 1. The molecule has 3 rings (SSSR count). The highest BCUT2D eigenvalue weighted by Gasteiger charge is 2.29. The van der Waals surface area contributed by atoms with Gasteiger partial charge in [0.15, 0.2) is 0 Å². The van der Waals surface area contributed by atoms with Crippen LogP contribution >= 0.6 is 0 Å². The summed E-state index contributed by atoms with van der Waals surface area (Å²) < 4.78 is 0. The van der Waals surface area contributed by atoms with Gasteiger partial charge in [-0.3, -0.25) is 9.69 Å². The lowest BCUT2D eigenvalue weighted by atomic mass is 10.0. The summed E-state index contributed by atoms with van der Waals surface area (Å²) >= 11 is 0. The fraction of sp³-hybridized carbons (Fsp3) is 0.533. The predicted octanol–water partition coefficient (Wildman–Crippen LogP) is 1.59. The number of carboxylic acid groups (broad SMARTS) is 1. The van der Waals surface area contributed by atoms with Crippen LogP contribution in [0.15, 0.2) is 24.3 Å². The molecule has 1 aromatic rings. The van der Waals surface area contributed by atoms with E-state index in [4.69, 9.17) is 0 Å². The van der Waals surface area contributed by atoms with E-state index < -0.39 is 12.0 Å². The third kappa shape index (κ3) is 2.80. The number of rotatable bonds is 4. The Labute approximate surface area is 113 Å². The third-order valence-electron chi connectivity index (χ3n) is 4.05. The summed E-state index contributed by atoms with van der Waals surface area (Å²) in [5.41, 5.74) is 2.26. The van der Waals surface area contributed by atoms with Gasteiger partial charge in [0.2, 0.25) is 0 Å². The van der Waals surface area contributed by atoms with Crippen LogP contribution in [0.1, 0.15) is 35.9 Å². The first kappa shape index (κ1) is 12.6. The zero-order valence-corrected chi connectivity index (χ0v) is 11.0. The van der Waals surface area contributed by atoms with Crippen molar-refractivity contribution in [3.05, 3.63) is 35.4 Å². The minimum absolute atomic E-state index is 0.504. The maximum absolute atomic E-state index is 11.6. The molecule has 0 spiro atoms. The highest BCUT2D eigenvalue weighted by molar-refractivity contribution is 5.75. The van der Waals surface area contributed by atoms with Gasteiger partial charge in [0.1, 0.15) is 6.04 Å². The molecule has 1 atom stereocenters. The van der Waals surface area contributed by atoms with E-state index in [1.54, 1.807) is 0 Å². The molecule has 0 amide bonds. The molecular weight excluding hydrogens is 240 g/mol. The molecule has 2 N–H and O–H groups in total. The second-order valence-electron chi connectivity index (χ2n) is 5.47. The number of piperazine rings is 1. The number of benzene rings is 1. The molecule has 2 aliphatic rings. The second-order valence-corrected chi connectivity index (χ2v) is 5.47. The molecule has 1 saturated carbocycles. The third-order valence-corrected chi connectivity index (χ3v) is 4.05. The topological polar surface area (TPSA) is 52.6 Å². The van der Waals surface area contributed by atoms with Crippen molar-refractivity contribution in [2.24, 2.45) is 0 Å². The van der Waals surface area contributed by atoms with E-state index in [-0.39, 0.29) is 0 Å². The fourth-order valence-corrected chi connectivity index (χ4v) is 2.82. The Hall–Kier alpha value is -1.39. The van der Waals surface area contributed by atoms with Crippen LogP contribution in [0.25, 0.3) is 0 Å². The lowest BCUT2D eigenvalue weighted by Crippen LogP contribution is -2.47. The van der Waals surface area contributed by atoms with E-state index in [1.165, 1.54) is 18.4 Å². The minimum atomic E-state index is -0.749. The summed E-state index contributed by atoms with van der Waals surface area (Å²) in [6.07, 6.45) is 2.55. The molecule has 1 unspecified atom stereocenters. The first-order valence-corrected chi connectivity index (χ1v) is 7.03. The molecule has 4 nitrogen and oxygen atoms in total. The van der Waals surface area contributed by atoms with E-state index in [0.717, 1.165) is 37.7 Å². The quantitative estimate of drug-likeness (QED) is 0.863. The molecule has 19 heavy (non-hydrogen) atoms. The van der Waals surface area contributed by atoms with Gasteiger partial charge < -0.3 is 10.4 Å². The SMILES string of the molecule is O=C(O)C(c1ccc(C2CC2)cc1)N1CCNCC1. The molecule has 1 aliphatic carbocycles. The smallest absolute Gasteiger partial charge is 0.325 e. The van der Waals surface area contributed by atoms with Crippen LogP contribution in [-0.2, 0) is 4.79 Å². The number of carbonyl (C=O) groups is 1. The zero-order valence-electron chi connectivity index (χ0n) is 11.0. The molecule has 0 bridgehead atoms. The van der Waals surface area contributed by atoms with Gasteiger partial charge in [-0.25, -0.2) is 0 Å². The van der Waals surface area contributed by atoms with Crippen molar-refractivity contribution in [2.75, 3.05) is 26.2 Å². The van der Waals surface area contributed by atoms with Crippen LogP contribution in [0.2, 0.25) is 0 Å². The summed E-state index contributed by atoms with van der Waals surface area (Å²) in [5, 5.41) is 12.8. The van der Waals surface area contributed by atoms with Crippen molar-refractivity contribution in [2.45, 2.75) is 24.8 Å². The standard InChI is InChI=1S/C15H20N2O2/c18-15(19)14(17-9-7-16-8-10-17)13-5-3-12(4-6-13)11-1-2-11/h3-6,11,14,16H,1-2,7-10H2,(H,18,19). The number of hydrogen-bond donors (Lipinski definition) is 2. The molecule has 1 heterocycles. The van der Waals surface area contributed by atoms with Gasteiger partial charge in [0.25, 0.3) is 0 Å². The zero-order chi connectivity index (χ0) is 13.2. The second kappa shape index (κ2) is 5.31. The van der Waals surface area contributed by atoms with Crippen LogP contribution in [0.5, 0.6) is 0 Å². The van der Waals surface area contributed by atoms with Gasteiger partial charge >= 0.3 is 5.97 Å². The molecule has 1 saturated heterocycles. The first-order chi connectivity index (χ1) is 9.25. The lowest BCUT2D eigenvalue weighted by Gasteiger charge is -2.32. The van der Waals surface area contributed by atoms with Crippen molar-refractivity contribution in [3.63, 3.8) is 0 Å². The Morgan fingerprint density at radius 3 is 2.37 bits per heavy atom. The summed E-state index contributed by atoms with van der Waals surface area (Å²) in [6.45, 7) is 3.32. The summed E-state index contributed by atoms with van der Waals surface area (Å²) in [4.78, 5) is 13.6. The normalized spacial score (nSPS) is 22.1. The molecule has 4 heteroatoms. The monoisotopic (exact) mass is 260 g/mol. The Bertz CT molecular complexity index is 448. The Morgan fingerprint density at radius 2 is 1.84 bits per heavy atom. The highest BCUT2D eigenvalue weighted by atomic mass is 16.4. The van der Waals surface area contributed by atoms with Crippen molar-refractivity contribution in [3.8, 4) is 0 Å². The van der Waals surface area contributed by atoms with E-state index in [2.05, 4.69) is 17.4 Å². The van der Waals surface area contributed by atoms with Gasteiger partial charge in [0.05, 0.1) is 0 Å². The molecule has 0 radical (unpaired) electrons. The Morgan fingerprint density at radius 1 is 1.21 bits per heavy atom. The van der Waals surface area contributed by atoms with E-state index >= 15 is 0 Å². The van der Waals surface area contributed by atoms with Gasteiger partial charge in [-0.15, -0.1) is 0 Å². The predicted molar refractivity (Wildman–Crippen MR) is 73.2 cm³/mol. The Kier molecular flexibility index (Phi) is 3.53. The first-order valence-electron chi connectivity index (χ1n) is 7.03. The number of hydrogen-bond acceptors (Lipinski definition) is 3. The van der Waals surface area contributed by atoms with Crippen molar-refractivity contribution >= 4 is 5.97 Å². The average Bonchev–Trinajstić information content (AvgIpc) is 3.25. The van der Waals surface area contributed by atoms with Gasteiger partial charge in [-0.1, -0.05) is 24.3 Å². The van der Waals surface area contributed by atoms with Gasteiger partial charge in [0, 0.05) is 26.2 Å². The molecule has 2 fully saturated rings. The average molecular weight is 260 g/mol. The van der Waals surface area contributed by atoms with E-state index in [0.29, 0.717) is 0 Å². The van der Waals surface area contributed by atoms with Crippen molar-refractivity contribution in [1.29, 1.82) is 0 Å². The molecule has 1 aromatic carbocycles. The molecule has 0 aromatic heterocycles. The van der Waals surface area contributed by atoms with Crippen molar-refractivity contribution < 1.29 is 9.90 Å². The van der Waals surface area contributed by atoms with Crippen molar-refractivity contribution in [1.82, 2.24) is 10.2 Å². The maximum Gasteiger partial charge on any atom is 0.325 e. The van der Waals surface area contributed by atoms with Crippen LogP contribution in [-0.4, -0.2) is 42.2 Å². The maximum atomic E-state index is 11.6. The summed E-state index contributed by atoms with van der Waals surface area (Å²) in [6, 6.07) is 7.69. The summed E-state index contributed by atoms with van der Waals surface area (Å²) in [5.74, 6) is -0.0300. The van der Waals surface area contributed by atoms with Crippen LogP contribution in [0.3, 0.4) is 0 Å². The lowest BCUT2D eigenvalue weighted by molar-refractivity contribution is -0.143. The number of nitrogens with zero attached hydrogens (tertiary/aromatic N) is 1. The number of carboxylic acids is 1. The Balaban J connectivity index is 1.79. The summed E-state index contributed by atoms with van der Waals surface area (Å²) in [7, 11) is 0. The largest absolute Gasteiger partial charge is 0.480 e. The molecule has 1 aliphatic heterocycles. The molecule has 102 valence electrons. The van der Waals surface area contributed by atoms with Crippen LogP contribution < -0.4 is 5.32 Å². The van der Waals surface area contributed by atoms with Gasteiger partial charge in [-0.2, -0.15) is 0 Å². The fourth-order valence-electron chi connectivity index (χ4n) is 2.82. The minimum Gasteiger partial charge on any atom is -0.480 e. The van der Waals surface area contributed by atoms with Gasteiger partial charge in [-0.05, 0) is 29.9 Å². The number of nitrogens with one attached hydrogen (secondary N) is 1.